The van der Waals surface area contributed by atoms with Crippen LogP contribution in [0.5, 0.6) is 0 Å². The van der Waals surface area contributed by atoms with Crippen molar-refractivity contribution in [2.45, 2.75) is 56.4 Å². The van der Waals surface area contributed by atoms with Gasteiger partial charge in [-0.05, 0) is 44.8 Å². The highest BCUT2D eigenvalue weighted by molar-refractivity contribution is 8.00. The molecule has 2 saturated heterocycles. The second kappa shape index (κ2) is 5.41. The van der Waals surface area contributed by atoms with Crippen molar-refractivity contribution in [2.24, 2.45) is 0 Å². The smallest absolute Gasteiger partial charge is 0.235 e. The predicted octanol–water partition coefficient (Wildman–Crippen LogP) is 1.64. The fourth-order valence-electron chi connectivity index (χ4n) is 2.72. The molecule has 0 aromatic heterocycles. The molecule has 0 aliphatic carbocycles. The molecule has 0 radical (unpaired) electrons. The maximum Gasteiger partial charge on any atom is 0.235 e. The Balaban J connectivity index is 1.93. The van der Waals surface area contributed by atoms with Crippen LogP contribution in [0.25, 0.3) is 0 Å². The molecule has 16 heavy (non-hydrogen) atoms. The number of hydrogen-bond donors (Lipinski definition) is 1. The summed E-state index contributed by atoms with van der Waals surface area (Å²) in [4.78, 5) is 14.3. The number of rotatable bonds is 3. The van der Waals surface area contributed by atoms with E-state index in [0.29, 0.717) is 5.91 Å². The number of amides is 1. The van der Waals surface area contributed by atoms with Crippen molar-refractivity contribution in [3.8, 4) is 0 Å². The largest absolute Gasteiger partial charge is 0.393 e. The molecule has 4 heteroatoms. The summed E-state index contributed by atoms with van der Waals surface area (Å²) < 4.78 is 0. The Morgan fingerprint density at radius 1 is 1.50 bits per heavy atom. The van der Waals surface area contributed by atoms with E-state index in [1.807, 2.05) is 11.8 Å². The van der Waals surface area contributed by atoms with Gasteiger partial charge in [0.2, 0.25) is 5.91 Å². The van der Waals surface area contributed by atoms with Crippen molar-refractivity contribution in [1.29, 1.82) is 0 Å². The Kier molecular flexibility index (Phi) is 4.14. The molecular formula is C12H21NO2S. The maximum absolute atomic E-state index is 12.3. The van der Waals surface area contributed by atoms with Crippen LogP contribution in [0.15, 0.2) is 0 Å². The van der Waals surface area contributed by atoms with Crippen molar-refractivity contribution in [2.75, 3.05) is 12.3 Å². The number of carbonyl (C=O) groups is 1. The molecular weight excluding hydrogens is 222 g/mol. The number of aliphatic hydroxyl groups is 1. The van der Waals surface area contributed by atoms with Gasteiger partial charge in [-0.2, -0.15) is 0 Å². The number of aliphatic hydroxyl groups excluding tert-OH is 1. The molecule has 0 spiro atoms. The van der Waals surface area contributed by atoms with Crippen LogP contribution in [0.4, 0.5) is 0 Å². The van der Waals surface area contributed by atoms with Gasteiger partial charge < -0.3 is 10.0 Å². The molecule has 2 fully saturated rings. The Morgan fingerprint density at radius 3 is 2.94 bits per heavy atom. The minimum absolute atomic E-state index is 0.203. The molecule has 0 saturated carbocycles. The third kappa shape index (κ3) is 2.72. The monoisotopic (exact) mass is 243 g/mol. The first-order valence-corrected chi connectivity index (χ1v) is 7.33. The molecule has 0 aromatic carbocycles. The zero-order valence-corrected chi connectivity index (χ0v) is 10.7. The molecule has 2 aliphatic rings. The van der Waals surface area contributed by atoms with E-state index in [2.05, 4.69) is 0 Å². The molecule has 3 nitrogen and oxygen atoms in total. The lowest BCUT2D eigenvalue weighted by atomic mass is 10.1. The first-order chi connectivity index (χ1) is 7.68. The van der Waals surface area contributed by atoms with Gasteiger partial charge >= 0.3 is 0 Å². The van der Waals surface area contributed by atoms with Crippen molar-refractivity contribution in [1.82, 2.24) is 4.90 Å². The van der Waals surface area contributed by atoms with Gasteiger partial charge in [-0.15, -0.1) is 11.8 Å². The second-order valence-electron chi connectivity index (χ2n) is 4.91. The quantitative estimate of drug-likeness (QED) is 0.819. The Labute approximate surface area is 102 Å². The summed E-state index contributed by atoms with van der Waals surface area (Å²) in [5, 5.41) is 9.64. The van der Waals surface area contributed by atoms with Gasteiger partial charge in [0.1, 0.15) is 0 Å². The molecule has 1 N–H and O–H groups in total. The summed E-state index contributed by atoms with van der Waals surface area (Å²) in [6.07, 6.45) is 4.82. The van der Waals surface area contributed by atoms with Crippen LogP contribution in [0.2, 0.25) is 0 Å². The molecule has 3 atom stereocenters. The standard InChI is InChI=1S/C12H21NO2S/c1-9(14)8-10-4-2-6-13(10)12(15)11-5-3-7-16-11/h9-11,14H,2-8H2,1H3. The van der Waals surface area contributed by atoms with E-state index in [0.717, 1.165) is 38.0 Å². The number of carbonyl (C=O) groups excluding carboxylic acids is 1. The van der Waals surface area contributed by atoms with Crippen LogP contribution in [0, 0.1) is 0 Å². The average molecular weight is 243 g/mol. The summed E-state index contributed by atoms with van der Waals surface area (Å²) >= 11 is 1.80. The van der Waals surface area contributed by atoms with E-state index >= 15 is 0 Å². The van der Waals surface area contributed by atoms with Gasteiger partial charge in [0.25, 0.3) is 0 Å². The Hall–Kier alpha value is -0.220. The fraction of sp³-hybridized carbons (Fsp3) is 0.917. The number of thioether (sulfide) groups is 1. The third-order valence-electron chi connectivity index (χ3n) is 3.48. The Morgan fingerprint density at radius 2 is 2.31 bits per heavy atom. The van der Waals surface area contributed by atoms with Gasteiger partial charge in [0, 0.05) is 12.6 Å². The van der Waals surface area contributed by atoms with Crippen molar-refractivity contribution >= 4 is 17.7 Å². The zero-order chi connectivity index (χ0) is 11.5. The lowest BCUT2D eigenvalue weighted by Gasteiger charge is -2.27. The topological polar surface area (TPSA) is 40.5 Å². The highest BCUT2D eigenvalue weighted by Crippen LogP contribution is 2.31. The SMILES string of the molecule is CC(O)CC1CCCN1C(=O)C1CCCS1. The number of hydrogen-bond acceptors (Lipinski definition) is 3. The van der Waals surface area contributed by atoms with Gasteiger partial charge in [0.15, 0.2) is 0 Å². The third-order valence-corrected chi connectivity index (χ3v) is 4.84. The highest BCUT2D eigenvalue weighted by Gasteiger charge is 2.34. The number of likely N-dealkylation sites (tertiary alicyclic amines) is 1. The van der Waals surface area contributed by atoms with Crippen LogP contribution < -0.4 is 0 Å². The van der Waals surface area contributed by atoms with Crippen molar-refractivity contribution in [3.63, 3.8) is 0 Å². The lowest BCUT2D eigenvalue weighted by molar-refractivity contribution is -0.131. The maximum atomic E-state index is 12.3. The average Bonchev–Trinajstić information content (AvgIpc) is 2.84. The molecule has 0 aromatic rings. The molecule has 2 rings (SSSR count). The summed E-state index contributed by atoms with van der Waals surface area (Å²) in [5.74, 6) is 1.45. The predicted molar refractivity (Wildman–Crippen MR) is 66.5 cm³/mol. The summed E-state index contributed by atoms with van der Waals surface area (Å²) in [7, 11) is 0. The van der Waals surface area contributed by atoms with E-state index in [9.17, 15) is 9.90 Å². The summed E-state index contributed by atoms with van der Waals surface area (Å²) in [6.45, 7) is 2.71. The van der Waals surface area contributed by atoms with Crippen molar-refractivity contribution in [3.05, 3.63) is 0 Å². The van der Waals surface area contributed by atoms with Gasteiger partial charge in [-0.1, -0.05) is 0 Å². The van der Waals surface area contributed by atoms with Gasteiger partial charge in [0.05, 0.1) is 11.4 Å². The Bertz CT molecular complexity index is 251. The number of nitrogens with zero attached hydrogens (tertiary/aromatic N) is 1. The fourth-order valence-corrected chi connectivity index (χ4v) is 3.95. The molecule has 1 amide bonds. The minimum Gasteiger partial charge on any atom is -0.393 e. The van der Waals surface area contributed by atoms with E-state index in [4.69, 9.17) is 0 Å². The van der Waals surface area contributed by atoms with E-state index in [-0.39, 0.29) is 17.4 Å². The normalized spacial score (nSPS) is 32.0. The van der Waals surface area contributed by atoms with Gasteiger partial charge in [-0.25, -0.2) is 0 Å². The van der Waals surface area contributed by atoms with Crippen LogP contribution in [-0.4, -0.2) is 45.6 Å². The first kappa shape index (κ1) is 12.2. The summed E-state index contributed by atoms with van der Waals surface area (Å²) in [5.41, 5.74) is 0. The van der Waals surface area contributed by atoms with Crippen LogP contribution >= 0.6 is 11.8 Å². The second-order valence-corrected chi connectivity index (χ2v) is 6.22. The van der Waals surface area contributed by atoms with E-state index in [1.54, 1.807) is 11.8 Å². The summed E-state index contributed by atoms with van der Waals surface area (Å²) in [6, 6.07) is 0.286. The van der Waals surface area contributed by atoms with Crippen molar-refractivity contribution < 1.29 is 9.90 Å². The zero-order valence-electron chi connectivity index (χ0n) is 9.89. The van der Waals surface area contributed by atoms with E-state index in [1.165, 1.54) is 6.42 Å². The van der Waals surface area contributed by atoms with Gasteiger partial charge in [-0.3, -0.25) is 4.79 Å². The van der Waals surface area contributed by atoms with Crippen LogP contribution in [-0.2, 0) is 4.79 Å². The lowest BCUT2D eigenvalue weighted by Crippen LogP contribution is -2.41. The molecule has 2 aliphatic heterocycles. The van der Waals surface area contributed by atoms with E-state index < -0.39 is 0 Å². The molecule has 3 unspecified atom stereocenters. The highest BCUT2D eigenvalue weighted by atomic mass is 32.2. The first-order valence-electron chi connectivity index (χ1n) is 6.28. The molecule has 0 bridgehead atoms. The van der Waals surface area contributed by atoms with Crippen LogP contribution in [0.3, 0.4) is 0 Å². The minimum atomic E-state index is -0.297. The molecule has 2 heterocycles. The molecule has 92 valence electrons. The van der Waals surface area contributed by atoms with Crippen LogP contribution in [0.1, 0.15) is 39.0 Å².